The summed E-state index contributed by atoms with van der Waals surface area (Å²) in [6.45, 7) is 3.98. The van der Waals surface area contributed by atoms with Crippen LogP contribution in [-0.4, -0.2) is 76.0 Å². The first-order valence-corrected chi connectivity index (χ1v) is 13.1. The summed E-state index contributed by atoms with van der Waals surface area (Å²) in [7, 11) is -3.75. The maximum atomic E-state index is 15.1. The Morgan fingerprint density at radius 3 is 2.30 bits per heavy atom. The van der Waals surface area contributed by atoms with Crippen LogP contribution in [0, 0.1) is 5.82 Å². The fraction of sp³-hybridized carbons (Fsp3) is 0.375. The standard InChI is InChI=1S/C24H28FN5O6S/c1-16(31)26-14-20-15-30(24(33)36-20)19-5-8-23(22(25)13-19)28-9-11-29(12-10-28)37(34,35)21-6-3-18(4-7-21)27-17(2)32/h3-8,13,20H,9-12,14-15H2,1-2H3,(H,26,31)(H,27,32)/t20-/m0/s1. The van der Waals surface area contributed by atoms with Gasteiger partial charge >= 0.3 is 6.09 Å². The lowest BCUT2D eigenvalue weighted by Gasteiger charge is -2.35. The van der Waals surface area contributed by atoms with E-state index >= 15 is 4.39 Å². The van der Waals surface area contributed by atoms with Crippen molar-refractivity contribution in [3.63, 3.8) is 0 Å². The zero-order valence-corrected chi connectivity index (χ0v) is 21.3. The van der Waals surface area contributed by atoms with Crippen molar-refractivity contribution in [3.05, 3.63) is 48.3 Å². The van der Waals surface area contributed by atoms with Crippen molar-refractivity contribution in [2.45, 2.75) is 24.8 Å². The first-order valence-electron chi connectivity index (χ1n) is 11.7. The van der Waals surface area contributed by atoms with Crippen LogP contribution < -0.4 is 20.4 Å². The van der Waals surface area contributed by atoms with Gasteiger partial charge in [-0.2, -0.15) is 4.31 Å². The molecule has 2 aliphatic rings. The van der Waals surface area contributed by atoms with Crippen LogP contribution in [0.5, 0.6) is 0 Å². The molecule has 13 heteroatoms. The molecule has 0 unspecified atom stereocenters. The SMILES string of the molecule is CC(=O)NC[C@H]1CN(c2ccc(N3CCN(S(=O)(=O)c4ccc(NC(C)=O)cc4)CC3)c(F)c2)C(=O)O1. The van der Waals surface area contributed by atoms with E-state index in [4.69, 9.17) is 4.74 Å². The van der Waals surface area contributed by atoms with Gasteiger partial charge in [-0.3, -0.25) is 14.5 Å². The van der Waals surface area contributed by atoms with E-state index in [1.807, 2.05) is 0 Å². The van der Waals surface area contributed by atoms with E-state index in [0.717, 1.165) is 0 Å². The minimum atomic E-state index is -3.75. The van der Waals surface area contributed by atoms with Gasteiger partial charge in [0.1, 0.15) is 11.9 Å². The highest BCUT2D eigenvalue weighted by atomic mass is 32.2. The normalized spacial score (nSPS) is 18.5. The minimum Gasteiger partial charge on any atom is -0.442 e. The highest BCUT2D eigenvalue weighted by Crippen LogP contribution is 2.29. The molecule has 0 saturated carbocycles. The van der Waals surface area contributed by atoms with Crippen molar-refractivity contribution in [1.29, 1.82) is 0 Å². The molecule has 1 atom stereocenters. The molecule has 2 aromatic rings. The molecule has 2 aliphatic heterocycles. The minimum absolute atomic E-state index is 0.111. The molecule has 2 fully saturated rings. The van der Waals surface area contributed by atoms with E-state index in [-0.39, 0.29) is 56.0 Å². The fourth-order valence-corrected chi connectivity index (χ4v) is 5.67. The van der Waals surface area contributed by atoms with Crippen LogP contribution in [0.4, 0.5) is 26.2 Å². The van der Waals surface area contributed by atoms with Gasteiger partial charge in [-0.15, -0.1) is 0 Å². The third-order valence-electron chi connectivity index (χ3n) is 6.09. The third-order valence-corrected chi connectivity index (χ3v) is 8.00. The van der Waals surface area contributed by atoms with Crippen LogP contribution >= 0.6 is 0 Å². The molecule has 37 heavy (non-hydrogen) atoms. The number of halogens is 1. The number of piperazine rings is 1. The van der Waals surface area contributed by atoms with E-state index < -0.39 is 28.0 Å². The van der Waals surface area contributed by atoms with Crippen LogP contribution in [0.3, 0.4) is 0 Å². The predicted octanol–water partition coefficient (Wildman–Crippen LogP) is 1.76. The number of carbonyl (C=O) groups is 3. The Labute approximate surface area is 214 Å². The molecule has 0 spiro atoms. The lowest BCUT2D eigenvalue weighted by atomic mass is 10.2. The number of anilines is 3. The van der Waals surface area contributed by atoms with E-state index in [9.17, 15) is 22.8 Å². The van der Waals surface area contributed by atoms with Crippen LogP contribution in [0.1, 0.15) is 13.8 Å². The summed E-state index contributed by atoms with van der Waals surface area (Å²) >= 11 is 0. The number of cyclic esters (lactones) is 1. The fourth-order valence-electron chi connectivity index (χ4n) is 4.25. The zero-order valence-electron chi connectivity index (χ0n) is 20.4. The Bertz CT molecular complexity index is 1300. The lowest BCUT2D eigenvalue weighted by Crippen LogP contribution is -2.48. The molecule has 2 N–H and O–H groups in total. The second kappa shape index (κ2) is 10.7. The number of amides is 3. The zero-order chi connectivity index (χ0) is 26.7. The molecule has 0 radical (unpaired) electrons. The Balaban J connectivity index is 1.38. The molecule has 4 rings (SSSR count). The number of hydrogen-bond donors (Lipinski definition) is 2. The number of sulfonamides is 1. The Morgan fingerprint density at radius 1 is 1.03 bits per heavy atom. The number of hydrogen-bond acceptors (Lipinski definition) is 7. The lowest BCUT2D eigenvalue weighted by molar-refractivity contribution is -0.119. The molecule has 11 nitrogen and oxygen atoms in total. The van der Waals surface area contributed by atoms with Crippen LogP contribution in [0.15, 0.2) is 47.4 Å². The van der Waals surface area contributed by atoms with Gasteiger partial charge in [0.2, 0.25) is 21.8 Å². The molecule has 0 aliphatic carbocycles. The summed E-state index contributed by atoms with van der Waals surface area (Å²) in [4.78, 5) is 37.6. The smallest absolute Gasteiger partial charge is 0.414 e. The van der Waals surface area contributed by atoms with E-state index in [2.05, 4.69) is 10.6 Å². The van der Waals surface area contributed by atoms with Crippen molar-refractivity contribution in [1.82, 2.24) is 9.62 Å². The summed E-state index contributed by atoms with van der Waals surface area (Å²) in [5, 5.41) is 5.19. The molecule has 0 aromatic heterocycles. The Kier molecular flexibility index (Phi) is 7.64. The summed E-state index contributed by atoms with van der Waals surface area (Å²) in [5.74, 6) is -1.03. The molecule has 2 heterocycles. The summed E-state index contributed by atoms with van der Waals surface area (Å²) in [6.07, 6.45) is -1.15. The van der Waals surface area contributed by atoms with Crippen LogP contribution in [-0.2, 0) is 24.3 Å². The second-order valence-corrected chi connectivity index (χ2v) is 10.7. The molecular weight excluding hydrogens is 505 g/mol. The summed E-state index contributed by atoms with van der Waals surface area (Å²) in [5.41, 5.74) is 1.14. The molecule has 198 valence electrons. The quantitative estimate of drug-likeness (QED) is 0.555. The van der Waals surface area contributed by atoms with Gasteiger partial charge < -0.3 is 20.3 Å². The average Bonchev–Trinajstić information content (AvgIpc) is 3.23. The first kappa shape index (κ1) is 26.4. The third kappa shape index (κ3) is 6.00. The summed E-state index contributed by atoms with van der Waals surface area (Å²) in [6, 6.07) is 10.4. The topological polar surface area (TPSA) is 128 Å². The monoisotopic (exact) mass is 533 g/mol. The van der Waals surface area contributed by atoms with Gasteiger partial charge in [-0.1, -0.05) is 0 Å². The largest absolute Gasteiger partial charge is 0.442 e. The number of benzene rings is 2. The van der Waals surface area contributed by atoms with E-state index in [0.29, 0.717) is 17.1 Å². The van der Waals surface area contributed by atoms with Gasteiger partial charge in [0.05, 0.1) is 29.4 Å². The number of nitrogens with one attached hydrogen (secondary N) is 2. The second-order valence-electron chi connectivity index (χ2n) is 8.79. The summed E-state index contributed by atoms with van der Waals surface area (Å²) < 4.78 is 47.7. The van der Waals surface area contributed by atoms with Crippen molar-refractivity contribution >= 4 is 45.0 Å². The van der Waals surface area contributed by atoms with E-state index in [1.54, 1.807) is 17.0 Å². The molecule has 2 saturated heterocycles. The highest BCUT2D eigenvalue weighted by molar-refractivity contribution is 7.89. The number of nitrogens with zero attached hydrogens (tertiary/aromatic N) is 3. The van der Waals surface area contributed by atoms with Crippen molar-refractivity contribution in [2.75, 3.05) is 54.4 Å². The number of ether oxygens (including phenoxy) is 1. The highest BCUT2D eigenvalue weighted by Gasteiger charge is 2.33. The average molecular weight is 534 g/mol. The number of rotatable bonds is 7. The van der Waals surface area contributed by atoms with Crippen molar-refractivity contribution < 1.29 is 31.9 Å². The molecule has 3 amide bonds. The maximum Gasteiger partial charge on any atom is 0.414 e. The van der Waals surface area contributed by atoms with Gasteiger partial charge in [0.25, 0.3) is 0 Å². The van der Waals surface area contributed by atoms with Crippen LogP contribution in [0.25, 0.3) is 0 Å². The Hall–Kier alpha value is -3.71. The van der Waals surface area contributed by atoms with Gasteiger partial charge in [0, 0.05) is 45.7 Å². The first-order chi connectivity index (χ1) is 17.5. The Morgan fingerprint density at radius 2 is 1.70 bits per heavy atom. The number of carbonyl (C=O) groups excluding carboxylic acids is 3. The predicted molar refractivity (Wildman–Crippen MR) is 134 cm³/mol. The molecular formula is C24H28FN5O6S. The van der Waals surface area contributed by atoms with Crippen molar-refractivity contribution in [3.8, 4) is 0 Å². The molecule has 2 aromatic carbocycles. The maximum absolute atomic E-state index is 15.1. The van der Waals surface area contributed by atoms with E-state index in [1.165, 1.54) is 53.4 Å². The van der Waals surface area contributed by atoms with Gasteiger partial charge in [-0.25, -0.2) is 17.6 Å². The van der Waals surface area contributed by atoms with Crippen LogP contribution in [0.2, 0.25) is 0 Å². The van der Waals surface area contributed by atoms with Gasteiger partial charge in [-0.05, 0) is 42.5 Å². The van der Waals surface area contributed by atoms with Crippen molar-refractivity contribution in [2.24, 2.45) is 0 Å². The van der Waals surface area contributed by atoms with Gasteiger partial charge in [0.15, 0.2) is 0 Å². The molecule has 0 bridgehead atoms.